The number of hydrogen-bond acceptors (Lipinski definition) is 4. The fraction of sp³-hybridized carbons (Fsp3) is 0.824. The standard InChI is InChI=1S/C17H30ClO4P/c1-11(13(3)10-23-20-6)7-8-12(2)16-14(9-15(18)19)21-17(4,5)22-16/h7-8,11-14,16,23H,9-10H2,1-6H3/b8-7-/t11-,12?,13-,14-,16+/m0/s1. The van der Waals surface area contributed by atoms with E-state index in [2.05, 4.69) is 32.9 Å². The van der Waals surface area contributed by atoms with Gasteiger partial charge in [0, 0.05) is 21.8 Å². The summed E-state index contributed by atoms with van der Waals surface area (Å²) in [6.07, 6.45) is 5.18. The maximum absolute atomic E-state index is 11.2. The van der Waals surface area contributed by atoms with E-state index in [1.165, 1.54) is 0 Å². The zero-order valence-corrected chi connectivity index (χ0v) is 16.7. The van der Waals surface area contributed by atoms with Crippen molar-refractivity contribution in [2.24, 2.45) is 17.8 Å². The Hall–Kier alpha value is 0.01000. The average Bonchev–Trinajstić information content (AvgIpc) is 2.75. The van der Waals surface area contributed by atoms with E-state index < -0.39 is 5.79 Å². The van der Waals surface area contributed by atoms with Crippen LogP contribution in [0.3, 0.4) is 0 Å². The van der Waals surface area contributed by atoms with E-state index in [0.29, 0.717) is 20.6 Å². The van der Waals surface area contributed by atoms with E-state index >= 15 is 0 Å². The molecule has 1 rings (SSSR count). The van der Waals surface area contributed by atoms with Gasteiger partial charge in [-0.1, -0.05) is 32.9 Å². The van der Waals surface area contributed by atoms with Crippen LogP contribution in [0.15, 0.2) is 12.2 Å². The monoisotopic (exact) mass is 364 g/mol. The highest BCUT2D eigenvalue weighted by Gasteiger charge is 2.43. The van der Waals surface area contributed by atoms with Crippen molar-refractivity contribution in [3.05, 3.63) is 12.2 Å². The second-order valence-corrected chi connectivity index (χ2v) is 8.36. The Morgan fingerprint density at radius 1 is 1.30 bits per heavy atom. The van der Waals surface area contributed by atoms with Crippen LogP contribution < -0.4 is 0 Å². The van der Waals surface area contributed by atoms with Gasteiger partial charge in [0.15, 0.2) is 5.79 Å². The van der Waals surface area contributed by atoms with Crippen molar-refractivity contribution in [3.8, 4) is 0 Å². The fourth-order valence-corrected chi connectivity index (χ4v) is 3.63. The molecule has 0 radical (unpaired) electrons. The molecular weight excluding hydrogens is 335 g/mol. The summed E-state index contributed by atoms with van der Waals surface area (Å²) in [4.78, 5) is 11.2. The van der Waals surface area contributed by atoms with Gasteiger partial charge in [-0.2, -0.15) is 0 Å². The Bertz CT molecular complexity index is 413. The molecule has 0 N–H and O–H groups in total. The Morgan fingerprint density at radius 2 is 1.96 bits per heavy atom. The van der Waals surface area contributed by atoms with E-state index in [0.717, 1.165) is 6.16 Å². The molecule has 0 saturated carbocycles. The van der Waals surface area contributed by atoms with E-state index in [1.807, 2.05) is 13.8 Å². The van der Waals surface area contributed by atoms with Crippen LogP contribution in [0.4, 0.5) is 0 Å². The SMILES string of the molecule is COPC[C@H](C)[C@@H](C)/C=C\C(C)[C@H]1OC(C)(C)O[C@H]1CC(=O)Cl. The number of carbonyl (C=O) groups excluding carboxylic acids is 1. The van der Waals surface area contributed by atoms with Gasteiger partial charge < -0.3 is 14.0 Å². The minimum atomic E-state index is -0.678. The predicted molar refractivity (Wildman–Crippen MR) is 96.1 cm³/mol. The van der Waals surface area contributed by atoms with Gasteiger partial charge in [0.05, 0.1) is 18.6 Å². The molecule has 1 aliphatic rings. The summed E-state index contributed by atoms with van der Waals surface area (Å²) < 4.78 is 17.0. The summed E-state index contributed by atoms with van der Waals surface area (Å²) in [5, 5.41) is -0.389. The third-order valence-electron chi connectivity index (χ3n) is 4.27. The topological polar surface area (TPSA) is 44.8 Å². The second kappa shape index (κ2) is 9.48. The summed E-state index contributed by atoms with van der Waals surface area (Å²) >= 11 is 5.53. The third-order valence-corrected chi connectivity index (χ3v) is 5.52. The first-order valence-electron chi connectivity index (χ1n) is 8.14. The van der Waals surface area contributed by atoms with Crippen molar-refractivity contribution in [1.29, 1.82) is 0 Å². The van der Waals surface area contributed by atoms with Crippen LogP contribution in [0.1, 0.15) is 41.0 Å². The molecule has 1 aliphatic heterocycles. The first-order valence-corrected chi connectivity index (χ1v) is 9.63. The highest BCUT2D eigenvalue weighted by Crippen LogP contribution is 2.35. The van der Waals surface area contributed by atoms with Gasteiger partial charge >= 0.3 is 0 Å². The summed E-state index contributed by atoms with van der Waals surface area (Å²) in [6.45, 7) is 10.3. The van der Waals surface area contributed by atoms with Gasteiger partial charge in [-0.15, -0.1) is 0 Å². The van der Waals surface area contributed by atoms with E-state index in [4.69, 9.17) is 25.6 Å². The van der Waals surface area contributed by atoms with Crippen molar-refractivity contribution in [2.75, 3.05) is 13.3 Å². The number of rotatable bonds is 9. The third kappa shape index (κ3) is 7.19. The van der Waals surface area contributed by atoms with Gasteiger partial charge in [-0.05, 0) is 43.4 Å². The molecule has 23 heavy (non-hydrogen) atoms. The zero-order valence-electron chi connectivity index (χ0n) is 15.0. The van der Waals surface area contributed by atoms with Crippen molar-refractivity contribution in [1.82, 2.24) is 0 Å². The van der Waals surface area contributed by atoms with Crippen LogP contribution in [0.5, 0.6) is 0 Å². The molecule has 1 heterocycles. The fourth-order valence-electron chi connectivity index (χ4n) is 2.68. The smallest absolute Gasteiger partial charge is 0.224 e. The Labute approximate surface area is 147 Å². The van der Waals surface area contributed by atoms with Crippen molar-refractivity contribution >= 4 is 25.7 Å². The largest absolute Gasteiger partial charge is 0.366 e. The Balaban J connectivity index is 2.65. The van der Waals surface area contributed by atoms with E-state index in [-0.39, 0.29) is 29.8 Å². The molecule has 2 unspecified atom stereocenters. The van der Waals surface area contributed by atoms with Crippen LogP contribution in [0, 0.1) is 17.8 Å². The summed E-state index contributed by atoms with van der Waals surface area (Å²) in [7, 11) is 2.29. The molecular formula is C17H30ClO4P. The van der Waals surface area contributed by atoms with Gasteiger partial charge in [0.25, 0.3) is 0 Å². The minimum absolute atomic E-state index is 0.150. The Kier molecular flexibility index (Phi) is 8.68. The van der Waals surface area contributed by atoms with Gasteiger partial charge in [-0.3, -0.25) is 4.79 Å². The summed E-state index contributed by atoms with van der Waals surface area (Å²) in [6, 6.07) is 0. The van der Waals surface area contributed by atoms with Crippen LogP contribution in [0.2, 0.25) is 0 Å². The lowest BCUT2D eigenvalue weighted by Gasteiger charge is -2.22. The highest BCUT2D eigenvalue weighted by atomic mass is 35.5. The molecule has 0 aromatic rings. The molecule has 0 aliphatic carbocycles. The van der Waals surface area contributed by atoms with Crippen molar-refractivity contribution in [2.45, 2.75) is 59.0 Å². The van der Waals surface area contributed by atoms with Crippen LogP contribution in [-0.4, -0.2) is 36.5 Å². The molecule has 0 bridgehead atoms. The van der Waals surface area contributed by atoms with Crippen molar-refractivity contribution < 1.29 is 18.8 Å². The lowest BCUT2D eigenvalue weighted by atomic mass is 9.92. The molecule has 1 saturated heterocycles. The quantitative estimate of drug-likeness (QED) is 0.346. The average molecular weight is 365 g/mol. The highest BCUT2D eigenvalue weighted by molar-refractivity contribution is 7.32. The normalized spacial score (nSPS) is 28.5. The Morgan fingerprint density at radius 3 is 2.52 bits per heavy atom. The lowest BCUT2D eigenvalue weighted by Crippen LogP contribution is -2.30. The molecule has 6 atom stereocenters. The van der Waals surface area contributed by atoms with Gasteiger partial charge in [-0.25, -0.2) is 0 Å². The molecule has 0 aromatic heterocycles. The molecule has 0 aromatic carbocycles. The maximum Gasteiger partial charge on any atom is 0.224 e. The lowest BCUT2D eigenvalue weighted by molar-refractivity contribution is -0.149. The summed E-state index contributed by atoms with van der Waals surface area (Å²) in [5.74, 6) is 0.498. The minimum Gasteiger partial charge on any atom is -0.366 e. The zero-order chi connectivity index (χ0) is 17.6. The molecule has 0 amide bonds. The number of halogens is 1. The van der Waals surface area contributed by atoms with E-state index in [1.54, 1.807) is 7.11 Å². The summed E-state index contributed by atoms with van der Waals surface area (Å²) in [5.41, 5.74) is 0. The number of carbonyl (C=O) groups is 1. The molecule has 1 fully saturated rings. The first-order chi connectivity index (χ1) is 10.7. The van der Waals surface area contributed by atoms with Gasteiger partial charge in [0.2, 0.25) is 5.24 Å². The van der Waals surface area contributed by atoms with Crippen LogP contribution >= 0.6 is 20.4 Å². The molecule has 134 valence electrons. The molecule has 6 heteroatoms. The van der Waals surface area contributed by atoms with Crippen LogP contribution in [-0.2, 0) is 18.8 Å². The number of ether oxygens (including phenoxy) is 2. The predicted octanol–water partition coefficient (Wildman–Crippen LogP) is 4.37. The van der Waals surface area contributed by atoms with E-state index in [9.17, 15) is 4.79 Å². The van der Waals surface area contributed by atoms with Crippen molar-refractivity contribution in [3.63, 3.8) is 0 Å². The first kappa shape index (κ1) is 21.1. The number of allylic oxidation sites excluding steroid dienone is 1. The molecule has 4 nitrogen and oxygen atoms in total. The molecule has 0 spiro atoms. The number of hydrogen-bond donors (Lipinski definition) is 0. The maximum atomic E-state index is 11.2. The van der Waals surface area contributed by atoms with Crippen LogP contribution in [0.25, 0.3) is 0 Å². The van der Waals surface area contributed by atoms with Gasteiger partial charge in [0.1, 0.15) is 0 Å². The second-order valence-electron chi connectivity index (χ2n) is 6.83.